The molecule has 0 N–H and O–H groups in total. The van der Waals surface area contributed by atoms with E-state index in [2.05, 4.69) is 41.1 Å². The minimum absolute atomic E-state index is 0.117. The first-order chi connectivity index (χ1) is 14.2. The highest BCUT2D eigenvalue weighted by atomic mass is 32.1. The van der Waals surface area contributed by atoms with Crippen molar-refractivity contribution < 1.29 is 9.47 Å². The number of piperidine rings is 1. The summed E-state index contributed by atoms with van der Waals surface area (Å²) in [6, 6.07) is 16.3. The molecule has 5 rings (SSSR count). The van der Waals surface area contributed by atoms with Crippen LogP contribution in [0.4, 0.5) is 5.13 Å². The van der Waals surface area contributed by atoms with Crippen LogP contribution >= 0.6 is 11.3 Å². The molecule has 2 aliphatic rings. The number of aromatic nitrogens is 1. The molecule has 0 radical (unpaired) electrons. The van der Waals surface area contributed by atoms with E-state index < -0.39 is 0 Å². The maximum Gasteiger partial charge on any atom is 0.186 e. The van der Waals surface area contributed by atoms with Crippen molar-refractivity contribution in [3.8, 4) is 11.5 Å². The molecule has 152 valence electrons. The van der Waals surface area contributed by atoms with Crippen LogP contribution in [-0.2, 0) is 0 Å². The third-order valence-corrected chi connectivity index (χ3v) is 7.03. The zero-order chi connectivity index (χ0) is 19.6. The van der Waals surface area contributed by atoms with Gasteiger partial charge in [-0.3, -0.25) is 4.90 Å². The number of thiazole rings is 1. The minimum atomic E-state index is 0.117. The number of anilines is 1. The number of benzene rings is 2. The predicted molar refractivity (Wildman–Crippen MR) is 118 cm³/mol. The van der Waals surface area contributed by atoms with Crippen LogP contribution in [-0.4, -0.2) is 55.8 Å². The second-order valence-electron chi connectivity index (χ2n) is 8.09. The Hall–Kier alpha value is -2.31. The zero-order valence-corrected chi connectivity index (χ0v) is 17.6. The van der Waals surface area contributed by atoms with Crippen molar-refractivity contribution >= 4 is 26.7 Å². The summed E-state index contributed by atoms with van der Waals surface area (Å²) in [5.74, 6) is 2.45. The van der Waals surface area contributed by atoms with Crippen molar-refractivity contribution in [2.24, 2.45) is 5.92 Å². The molecule has 0 aliphatic carbocycles. The number of para-hydroxylation sites is 3. The predicted octanol–water partition coefficient (Wildman–Crippen LogP) is 4.28. The molecule has 1 saturated heterocycles. The van der Waals surface area contributed by atoms with E-state index in [1.165, 1.54) is 17.5 Å². The Bertz CT molecular complexity index is 934. The number of likely N-dealkylation sites (tertiary alicyclic amines) is 1. The fourth-order valence-corrected chi connectivity index (χ4v) is 5.22. The van der Waals surface area contributed by atoms with Gasteiger partial charge in [-0.05, 0) is 56.1 Å². The Balaban J connectivity index is 1.11. The fraction of sp³-hybridized carbons (Fsp3) is 0.435. The summed E-state index contributed by atoms with van der Waals surface area (Å²) in [7, 11) is 2.18. The van der Waals surface area contributed by atoms with E-state index in [0.717, 1.165) is 48.3 Å². The summed E-state index contributed by atoms with van der Waals surface area (Å²) < 4.78 is 13.3. The van der Waals surface area contributed by atoms with Gasteiger partial charge in [0.25, 0.3) is 0 Å². The monoisotopic (exact) mass is 409 g/mol. The van der Waals surface area contributed by atoms with Crippen LogP contribution in [0.5, 0.6) is 11.5 Å². The summed E-state index contributed by atoms with van der Waals surface area (Å²) in [5, 5.41) is 1.13. The third-order valence-electron chi connectivity index (χ3n) is 5.88. The highest BCUT2D eigenvalue weighted by molar-refractivity contribution is 7.22. The van der Waals surface area contributed by atoms with Gasteiger partial charge in [-0.2, -0.15) is 0 Å². The van der Waals surface area contributed by atoms with E-state index in [1.807, 2.05) is 24.3 Å². The molecule has 1 aromatic heterocycles. The maximum atomic E-state index is 6.13. The number of ether oxygens (including phenoxy) is 2. The van der Waals surface area contributed by atoms with E-state index in [1.54, 1.807) is 11.3 Å². The lowest BCUT2D eigenvalue weighted by molar-refractivity contribution is 0.0482. The van der Waals surface area contributed by atoms with Gasteiger partial charge in [0.15, 0.2) is 16.6 Å². The van der Waals surface area contributed by atoms with Crippen LogP contribution in [0.2, 0.25) is 0 Å². The molecule has 0 saturated carbocycles. The third kappa shape index (κ3) is 4.19. The lowest BCUT2D eigenvalue weighted by atomic mass is 9.96. The second kappa shape index (κ2) is 8.20. The molecule has 5 nitrogen and oxygen atoms in total. The average Bonchev–Trinajstić information content (AvgIpc) is 3.20. The summed E-state index contributed by atoms with van der Waals surface area (Å²) in [4.78, 5) is 9.65. The SMILES string of the molecule is CN(CC1CCN(C[C@@H]2COc3ccccc3O2)CC1)c1nc2ccccc2s1. The summed E-state index contributed by atoms with van der Waals surface area (Å²) >= 11 is 1.79. The van der Waals surface area contributed by atoms with E-state index in [0.29, 0.717) is 12.5 Å². The molecular weight excluding hydrogens is 382 g/mol. The van der Waals surface area contributed by atoms with Crippen LogP contribution in [0.15, 0.2) is 48.5 Å². The molecule has 6 heteroatoms. The molecule has 2 aliphatic heterocycles. The van der Waals surface area contributed by atoms with Crippen molar-refractivity contribution in [1.82, 2.24) is 9.88 Å². The van der Waals surface area contributed by atoms with Gasteiger partial charge < -0.3 is 14.4 Å². The first-order valence-corrected chi connectivity index (χ1v) is 11.2. The van der Waals surface area contributed by atoms with E-state index in [9.17, 15) is 0 Å². The number of fused-ring (bicyclic) bond motifs is 2. The quantitative estimate of drug-likeness (QED) is 0.629. The number of rotatable bonds is 5. The van der Waals surface area contributed by atoms with Gasteiger partial charge in [0.2, 0.25) is 0 Å². The smallest absolute Gasteiger partial charge is 0.186 e. The lowest BCUT2D eigenvalue weighted by Crippen LogP contribution is -2.45. The normalized spacial score (nSPS) is 20.1. The minimum Gasteiger partial charge on any atom is -0.486 e. The molecule has 29 heavy (non-hydrogen) atoms. The van der Waals surface area contributed by atoms with Crippen LogP contribution < -0.4 is 14.4 Å². The first kappa shape index (κ1) is 18.7. The maximum absolute atomic E-state index is 6.13. The van der Waals surface area contributed by atoms with Gasteiger partial charge >= 0.3 is 0 Å². The van der Waals surface area contributed by atoms with Crippen molar-refractivity contribution in [3.63, 3.8) is 0 Å². The van der Waals surface area contributed by atoms with E-state index >= 15 is 0 Å². The first-order valence-electron chi connectivity index (χ1n) is 10.4. The van der Waals surface area contributed by atoms with Crippen molar-refractivity contribution in [3.05, 3.63) is 48.5 Å². The van der Waals surface area contributed by atoms with Gasteiger partial charge in [0.1, 0.15) is 12.7 Å². The van der Waals surface area contributed by atoms with Crippen LogP contribution in [0.3, 0.4) is 0 Å². The Kier molecular flexibility index (Phi) is 5.29. The lowest BCUT2D eigenvalue weighted by Gasteiger charge is -2.36. The van der Waals surface area contributed by atoms with Crippen LogP contribution in [0.25, 0.3) is 10.2 Å². The van der Waals surface area contributed by atoms with Gasteiger partial charge in [-0.25, -0.2) is 4.98 Å². The van der Waals surface area contributed by atoms with Gasteiger partial charge in [0, 0.05) is 20.1 Å². The summed E-state index contributed by atoms with van der Waals surface area (Å²) in [6.07, 6.45) is 2.56. The van der Waals surface area contributed by atoms with E-state index in [-0.39, 0.29) is 6.10 Å². The summed E-state index contributed by atoms with van der Waals surface area (Å²) in [5.41, 5.74) is 1.10. The zero-order valence-electron chi connectivity index (χ0n) is 16.8. The molecule has 0 bridgehead atoms. The Labute approximate surface area is 175 Å². The topological polar surface area (TPSA) is 37.8 Å². The molecule has 1 fully saturated rings. The standard InChI is InChI=1S/C23H27N3O2S/c1-25(23-24-19-6-2-5-9-22(19)29-23)14-17-10-12-26(13-11-17)15-18-16-27-20-7-3-4-8-21(20)28-18/h2-9,17-18H,10-16H2,1H3/t18-/m1/s1. The second-order valence-corrected chi connectivity index (χ2v) is 9.10. The largest absolute Gasteiger partial charge is 0.486 e. The van der Waals surface area contributed by atoms with Crippen LogP contribution in [0, 0.1) is 5.92 Å². The molecule has 0 spiro atoms. The highest BCUT2D eigenvalue weighted by Gasteiger charge is 2.26. The average molecular weight is 410 g/mol. The number of nitrogens with zero attached hydrogens (tertiary/aromatic N) is 3. The molecule has 2 aromatic carbocycles. The Morgan fingerprint density at radius 1 is 1.07 bits per heavy atom. The van der Waals surface area contributed by atoms with Gasteiger partial charge in [-0.1, -0.05) is 35.6 Å². The number of hydrogen-bond donors (Lipinski definition) is 0. The molecule has 0 unspecified atom stereocenters. The van der Waals surface area contributed by atoms with Crippen molar-refractivity contribution in [1.29, 1.82) is 0 Å². The highest BCUT2D eigenvalue weighted by Crippen LogP contribution is 2.32. The molecule has 3 aromatic rings. The molecular formula is C23H27N3O2S. The Morgan fingerprint density at radius 2 is 1.83 bits per heavy atom. The van der Waals surface area contributed by atoms with Crippen molar-refractivity contribution in [2.45, 2.75) is 18.9 Å². The van der Waals surface area contributed by atoms with E-state index in [4.69, 9.17) is 14.5 Å². The molecule has 3 heterocycles. The number of hydrogen-bond acceptors (Lipinski definition) is 6. The molecule has 1 atom stereocenters. The summed E-state index contributed by atoms with van der Waals surface area (Å²) in [6.45, 7) is 4.90. The Morgan fingerprint density at radius 3 is 2.66 bits per heavy atom. The van der Waals surface area contributed by atoms with Gasteiger partial charge in [0.05, 0.1) is 10.2 Å². The fourth-order valence-electron chi connectivity index (χ4n) is 4.28. The van der Waals surface area contributed by atoms with Crippen molar-refractivity contribution in [2.75, 3.05) is 44.7 Å². The molecule has 0 amide bonds. The van der Waals surface area contributed by atoms with Crippen LogP contribution in [0.1, 0.15) is 12.8 Å². The van der Waals surface area contributed by atoms with Gasteiger partial charge in [-0.15, -0.1) is 0 Å².